The zero-order valence-electron chi connectivity index (χ0n) is 9.91. The predicted molar refractivity (Wildman–Crippen MR) is 71.2 cm³/mol. The molecule has 1 aromatic rings. The minimum absolute atomic E-state index is 0.217. The summed E-state index contributed by atoms with van der Waals surface area (Å²) >= 11 is 11.9. The summed E-state index contributed by atoms with van der Waals surface area (Å²) in [6.45, 7) is 4.81. The molecule has 3 nitrogen and oxygen atoms in total. The molecule has 0 aliphatic heterocycles. The van der Waals surface area contributed by atoms with E-state index in [2.05, 4.69) is 0 Å². The third-order valence-electron chi connectivity index (χ3n) is 2.48. The molecule has 1 rings (SSSR count). The van der Waals surface area contributed by atoms with Gasteiger partial charge in [-0.25, -0.2) is 0 Å². The molecule has 0 bridgehead atoms. The third kappa shape index (κ3) is 4.54. The Morgan fingerprint density at radius 2 is 2.06 bits per heavy atom. The normalized spacial score (nSPS) is 11.2. The molecule has 0 aliphatic carbocycles. The standard InChI is InChI=1S/C12H16Cl2N2O/c1-8(2)16(7-12(15)17)6-9-3-4-10(13)5-11(9)14/h3-5,8H,6-7H2,1-2H3,(H2,15,17). The van der Waals surface area contributed by atoms with E-state index in [9.17, 15) is 4.79 Å². The van der Waals surface area contributed by atoms with Crippen LogP contribution >= 0.6 is 23.2 Å². The van der Waals surface area contributed by atoms with Crippen molar-refractivity contribution < 1.29 is 4.79 Å². The van der Waals surface area contributed by atoms with E-state index in [1.807, 2.05) is 24.8 Å². The maximum atomic E-state index is 11.0. The second kappa shape index (κ2) is 6.24. The summed E-state index contributed by atoms with van der Waals surface area (Å²) in [7, 11) is 0. The fraction of sp³-hybridized carbons (Fsp3) is 0.417. The average Bonchev–Trinajstić information content (AvgIpc) is 2.19. The van der Waals surface area contributed by atoms with Crippen molar-refractivity contribution in [2.75, 3.05) is 6.54 Å². The average molecular weight is 275 g/mol. The minimum atomic E-state index is -0.344. The number of nitrogens with two attached hydrogens (primary N) is 1. The van der Waals surface area contributed by atoms with Crippen LogP contribution in [0, 0.1) is 0 Å². The molecule has 17 heavy (non-hydrogen) atoms. The first-order chi connectivity index (χ1) is 7.90. The van der Waals surface area contributed by atoms with Crippen LogP contribution in [0.1, 0.15) is 19.4 Å². The fourth-order valence-electron chi connectivity index (χ4n) is 1.49. The van der Waals surface area contributed by atoms with Gasteiger partial charge in [-0.1, -0.05) is 29.3 Å². The number of hydrogen-bond acceptors (Lipinski definition) is 2. The number of benzene rings is 1. The van der Waals surface area contributed by atoms with Crippen molar-refractivity contribution in [1.82, 2.24) is 4.90 Å². The van der Waals surface area contributed by atoms with Gasteiger partial charge in [0.25, 0.3) is 0 Å². The summed E-state index contributed by atoms with van der Waals surface area (Å²) in [5, 5.41) is 1.21. The maximum Gasteiger partial charge on any atom is 0.231 e. The highest BCUT2D eigenvalue weighted by Crippen LogP contribution is 2.22. The maximum absolute atomic E-state index is 11.0. The minimum Gasteiger partial charge on any atom is -0.369 e. The number of carbonyl (C=O) groups is 1. The lowest BCUT2D eigenvalue weighted by Gasteiger charge is -2.25. The molecule has 0 aromatic heterocycles. The van der Waals surface area contributed by atoms with Gasteiger partial charge in [-0.3, -0.25) is 9.69 Å². The molecule has 5 heteroatoms. The molecular weight excluding hydrogens is 259 g/mol. The van der Waals surface area contributed by atoms with Crippen molar-refractivity contribution in [1.29, 1.82) is 0 Å². The van der Waals surface area contributed by atoms with Gasteiger partial charge in [0, 0.05) is 22.6 Å². The lowest BCUT2D eigenvalue weighted by atomic mass is 10.2. The van der Waals surface area contributed by atoms with Gasteiger partial charge in [-0.2, -0.15) is 0 Å². The number of hydrogen-bond donors (Lipinski definition) is 1. The molecule has 0 heterocycles. The quantitative estimate of drug-likeness (QED) is 0.898. The number of rotatable bonds is 5. The lowest BCUT2D eigenvalue weighted by molar-refractivity contribution is -0.119. The molecule has 0 spiro atoms. The SMILES string of the molecule is CC(C)N(CC(N)=O)Cc1ccc(Cl)cc1Cl. The summed E-state index contributed by atoms with van der Waals surface area (Å²) in [5.74, 6) is -0.344. The first kappa shape index (κ1) is 14.3. The molecule has 94 valence electrons. The van der Waals surface area contributed by atoms with Gasteiger partial charge in [-0.15, -0.1) is 0 Å². The van der Waals surface area contributed by atoms with Gasteiger partial charge in [-0.05, 0) is 31.5 Å². The summed E-state index contributed by atoms with van der Waals surface area (Å²) in [6, 6.07) is 5.56. The summed E-state index contributed by atoms with van der Waals surface area (Å²) in [6.07, 6.45) is 0. The van der Waals surface area contributed by atoms with E-state index >= 15 is 0 Å². The number of nitrogens with zero attached hydrogens (tertiary/aromatic N) is 1. The Hall–Kier alpha value is -0.770. The highest BCUT2D eigenvalue weighted by Gasteiger charge is 2.14. The lowest BCUT2D eigenvalue weighted by Crippen LogP contribution is -2.38. The van der Waals surface area contributed by atoms with Crippen LogP contribution in [-0.2, 0) is 11.3 Å². The predicted octanol–water partition coefficient (Wildman–Crippen LogP) is 2.69. The Morgan fingerprint density at radius 3 is 2.53 bits per heavy atom. The van der Waals surface area contributed by atoms with Crippen LogP contribution in [-0.4, -0.2) is 23.4 Å². The van der Waals surface area contributed by atoms with Crippen molar-refractivity contribution in [2.24, 2.45) is 5.73 Å². The van der Waals surface area contributed by atoms with Crippen LogP contribution < -0.4 is 5.73 Å². The molecule has 1 amide bonds. The molecule has 0 fully saturated rings. The Bertz CT molecular complexity index is 407. The topological polar surface area (TPSA) is 46.3 Å². The second-order valence-electron chi connectivity index (χ2n) is 4.20. The Morgan fingerprint density at radius 1 is 1.41 bits per heavy atom. The van der Waals surface area contributed by atoms with Crippen LogP contribution in [0.25, 0.3) is 0 Å². The molecule has 0 saturated heterocycles. The van der Waals surface area contributed by atoms with Crippen LogP contribution in [0.15, 0.2) is 18.2 Å². The van der Waals surface area contributed by atoms with E-state index in [4.69, 9.17) is 28.9 Å². The molecule has 2 N–H and O–H groups in total. The third-order valence-corrected chi connectivity index (χ3v) is 3.06. The van der Waals surface area contributed by atoms with Crippen molar-refractivity contribution >= 4 is 29.1 Å². The number of carbonyl (C=O) groups excluding carboxylic acids is 1. The van der Waals surface area contributed by atoms with E-state index < -0.39 is 0 Å². The van der Waals surface area contributed by atoms with E-state index in [0.29, 0.717) is 16.6 Å². The van der Waals surface area contributed by atoms with Gasteiger partial charge in [0.05, 0.1) is 6.54 Å². The van der Waals surface area contributed by atoms with Crippen molar-refractivity contribution in [2.45, 2.75) is 26.4 Å². The highest BCUT2D eigenvalue weighted by atomic mass is 35.5. The first-order valence-electron chi connectivity index (χ1n) is 5.36. The highest BCUT2D eigenvalue weighted by molar-refractivity contribution is 6.35. The number of amides is 1. The second-order valence-corrected chi connectivity index (χ2v) is 5.04. The molecule has 0 saturated carbocycles. The van der Waals surface area contributed by atoms with Gasteiger partial charge in [0.15, 0.2) is 0 Å². The zero-order valence-corrected chi connectivity index (χ0v) is 11.4. The Kier molecular flexibility index (Phi) is 5.25. The smallest absolute Gasteiger partial charge is 0.231 e. The van der Waals surface area contributed by atoms with E-state index in [-0.39, 0.29) is 18.5 Å². The molecule has 0 radical (unpaired) electrons. The molecule has 0 atom stereocenters. The van der Waals surface area contributed by atoms with Crippen molar-refractivity contribution in [3.8, 4) is 0 Å². The van der Waals surface area contributed by atoms with Crippen molar-refractivity contribution in [3.05, 3.63) is 33.8 Å². The molecule has 0 aliphatic rings. The van der Waals surface area contributed by atoms with Crippen LogP contribution in [0.2, 0.25) is 10.0 Å². The zero-order chi connectivity index (χ0) is 13.0. The van der Waals surface area contributed by atoms with Gasteiger partial charge >= 0.3 is 0 Å². The van der Waals surface area contributed by atoms with Crippen molar-refractivity contribution in [3.63, 3.8) is 0 Å². The van der Waals surface area contributed by atoms with E-state index in [1.165, 1.54) is 0 Å². The molecule has 1 aromatic carbocycles. The summed E-state index contributed by atoms with van der Waals surface area (Å²) in [5.41, 5.74) is 6.15. The summed E-state index contributed by atoms with van der Waals surface area (Å²) in [4.78, 5) is 12.9. The molecule has 0 unspecified atom stereocenters. The van der Waals surface area contributed by atoms with E-state index in [0.717, 1.165) is 5.56 Å². The molecular formula is C12H16Cl2N2O. The van der Waals surface area contributed by atoms with Crippen LogP contribution in [0.5, 0.6) is 0 Å². The number of primary amides is 1. The monoisotopic (exact) mass is 274 g/mol. The van der Waals surface area contributed by atoms with Gasteiger partial charge in [0.2, 0.25) is 5.91 Å². The fourth-order valence-corrected chi connectivity index (χ4v) is 1.96. The summed E-state index contributed by atoms with van der Waals surface area (Å²) < 4.78 is 0. The first-order valence-corrected chi connectivity index (χ1v) is 6.12. The number of halogens is 2. The van der Waals surface area contributed by atoms with Gasteiger partial charge < -0.3 is 5.73 Å². The Balaban J connectivity index is 2.82. The Labute approximate surface area is 111 Å². The van der Waals surface area contributed by atoms with Crippen LogP contribution in [0.4, 0.5) is 0 Å². The van der Waals surface area contributed by atoms with Gasteiger partial charge in [0.1, 0.15) is 0 Å². The van der Waals surface area contributed by atoms with Crippen LogP contribution in [0.3, 0.4) is 0 Å². The van der Waals surface area contributed by atoms with E-state index in [1.54, 1.807) is 12.1 Å². The largest absolute Gasteiger partial charge is 0.369 e.